The lowest BCUT2D eigenvalue weighted by Gasteiger charge is -2.18. The molecule has 7 heteroatoms. The number of hydrogen-bond acceptors (Lipinski definition) is 6. The zero-order chi connectivity index (χ0) is 20.4. The zero-order valence-corrected chi connectivity index (χ0v) is 16.5. The van der Waals surface area contributed by atoms with Crippen molar-refractivity contribution in [2.24, 2.45) is 0 Å². The van der Waals surface area contributed by atoms with Gasteiger partial charge in [-0.3, -0.25) is 4.79 Å². The van der Waals surface area contributed by atoms with Crippen LogP contribution in [0.3, 0.4) is 0 Å². The first-order valence-corrected chi connectivity index (χ1v) is 9.29. The van der Waals surface area contributed by atoms with Gasteiger partial charge in [0.05, 0.1) is 29.5 Å². The molecule has 0 unspecified atom stereocenters. The Hall–Kier alpha value is -3.61. The Labute approximate surface area is 167 Å². The van der Waals surface area contributed by atoms with E-state index >= 15 is 0 Å². The maximum Gasteiger partial charge on any atom is 0.259 e. The van der Waals surface area contributed by atoms with Crippen LogP contribution in [0, 0.1) is 13.8 Å². The second-order valence-corrected chi connectivity index (χ2v) is 6.87. The smallest absolute Gasteiger partial charge is 0.259 e. The number of amides is 1. The molecular formula is C22H21N3O4. The summed E-state index contributed by atoms with van der Waals surface area (Å²) in [5.41, 5.74) is 3.09. The van der Waals surface area contributed by atoms with Gasteiger partial charge in [0.15, 0.2) is 5.76 Å². The predicted molar refractivity (Wildman–Crippen MR) is 108 cm³/mol. The molecule has 0 bridgehead atoms. The number of aromatic nitrogens is 2. The van der Waals surface area contributed by atoms with E-state index < -0.39 is 0 Å². The number of nitrogens with zero attached hydrogens (tertiary/aromatic N) is 3. The molecule has 0 aliphatic heterocycles. The van der Waals surface area contributed by atoms with Gasteiger partial charge in [-0.15, -0.1) is 0 Å². The van der Waals surface area contributed by atoms with Crippen molar-refractivity contribution in [2.75, 3.05) is 20.2 Å². The normalized spacial score (nSPS) is 11.0. The summed E-state index contributed by atoms with van der Waals surface area (Å²) in [6.45, 7) is 4.62. The molecule has 3 aromatic heterocycles. The highest BCUT2D eigenvalue weighted by Crippen LogP contribution is 2.28. The Bertz CT molecular complexity index is 1130. The Balaban J connectivity index is 1.55. The minimum Gasteiger partial charge on any atom is -0.492 e. The van der Waals surface area contributed by atoms with Crippen LogP contribution in [0.2, 0.25) is 0 Å². The van der Waals surface area contributed by atoms with Crippen LogP contribution < -0.4 is 4.74 Å². The van der Waals surface area contributed by atoms with E-state index in [0.717, 1.165) is 5.75 Å². The van der Waals surface area contributed by atoms with E-state index in [1.165, 1.54) is 5.56 Å². The summed E-state index contributed by atoms with van der Waals surface area (Å²) in [4.78, 5) is 19.2. The fraction of sp³-hybridized carbons (Fsp3) is 0.227. The molecule has 1 aromatic carbocycles. The molecular weight excluding hydrogens is 370 g/mol. The molecule has 3 heterocycles. The lowest BCUT2D eigenvalue weighted by atomic mass is 10.1. The third kappa shape index (κ3) is 3.85. The predicted octanol–water partition coefficient (Wildman–Crippen LogP) is 4.25. The number of rotatable bonds is 6. The summed E-state index contributed by atoms with van der Waals surface area (Å²) in [6, 6.07) is 13.1. The van der Waals surface area contributed by atoms with E-state index in [1.807, 2.05) is 31.2 Å². The largest absolute Gasteiger partial charge is 0.492 e. The number of aryl methyl sites for hydroxylation is 2. The van der Waals surface area contributed by atoms with Crippen LogP contribution in [0.5, 0.6) is 5.75 Å². The first-order valence-electron chi connectivity index (χ1n) is 9.29. The van der Waals surface area contributed by atoms with Gasteiger partial charge < -0.3 is 18.6 Å². The van der Waals surface area contributed by atoms with Gasteiger partial charge in [0.25, 0.3) is 11.6 Å². The molecule has 0 atom stereocenters. The number of benzene rings is 1. The summed E-state index contributed by atoms with van der Waals surface area (Å²) in [7, 11) is 1.74. The average Bonchev–Trinajstić information content (AvgIpc) is 3.38. The molecule has 4 aromatic rings. The molecule has 29 heavy (non-hydrogen) atoms. The third-order valence-electron chi connectivity index (χ3n) is 4.68. The lowest BCUT2D eigenvalue weighted by Crippen LogP contribution is -2.31. The quantitative estimate of drug-likeness (QED) is 0.489. The Morgan fingerprint density at radius 1 is 1.17 bits per heavy atom. The van der Waals surface area contributed by atoms with Crippen molar-refractivity contribution in [3.05, 3.63) is 65.5 Å². The second kappa shape index (κ2) is 7.79. The molecule has 0 N–H and O–H groups in total. The van der Waals surface area contributed by atoms with Crippen molar-refractivity contribution in [2.45, 2.75) is 13.8 Å². The molecule has 1 amide bonds. The van der Waals surface area contributed by atoms with Crippen molar-refractivity contribution in [3.8, 4) is 17.2 Å². The van der Waals surface area contributed by atoms with Crippen LogP contribution in [0.4, 0.5) is 0 Å². The van der Waals surface area contributed by atoms with Crippen LogP contribution in [-0.4, -0.2) is 41.1 Å². The maximum absolute atomic E-state index is 13.2. The number of likely N-dealkylation sites (N-methyl/N-ethyl adjacent to an activating group) is 1. The minimum absolute atomic E-state index is 0.163. The maximum atomic E-state index is 13.2. The van der Waals surface area contributed by atoms with Gasteiger partial charge in [0.2, 0.25) is 0 Å². The summed E-state index contributed by atoms with van der Waals surface area (Å²) in [5.74, 6) is 1.17. The van der Waals surface area contributed by atoms with E-state index in [0.29, 0.717) is 47.0 Å². The molecule has 7 nitrogen and oxygen atoms in total. The Morgan fingerprint density at radius 2 is 1.97 bits per heavy atom. The zero-order valence-electron chi connectivity index (χ0n) is 16.5. The van der Waals surface area contributed by atoms with Crippen LogP contribution >= 0.6 is 0 Å². The van der Waals surface area contributed by atoms with E-state index in [9.17, 15) is 4.79 Å². The van der Waals surface area contributed by atoms with Crippen molar-refractivity contribution in [1.29, 1.82) is 0 Å². The number of hydrogen-bond donors (Lipinski definition) is 0. The molecule has 0 radical (unpaired) electrons. The molecule has 0 saturated heterocycles. The number of pyridine rings is 1. The van der Waals surface area contributed by atoms with Crippen LogP contribution in [0.25, 0.3) is 22.6 Å². The fourth-order valence-electron chi connectivity index (χ4n) is 3.06. The van der Waals surface area contributed by atoms with Crippen LogP contribution in [0.15, 0.2) is 57.7 Å². The number of fused-ring (bicyclic) bond motifs is 1. The summed E-state index contributed by atoms with van der Waals surface area (Å²) in [5, 5.41) is 4.57. The van der Waals surface area contributed by atoms with Gasteiger partial charge in [-0.2, -0.15) is 0 Å². The third-order valence-corrected chi connectivity index (χ3v) is 4.68. The highest BCUT2D eigenvalue weighted by Gasteiger charge is 2.22. The molecule has 148 valence electrons. The first-order chi connectivity index (χ1) is 14.0. The molecule has 0 aliphatic rings. The fourth-order valence-corrected chi connectivity index (χ4v) is 3.06. The van der Waals surface area contributed by atoms with Gasteiger partial charge in [0.1, 0.15) is 18.1 Å². The van der Waals surface area contributed by atoms with Gasteiger partial charge in [-0.05, 0) is 44.2 Å². The average molecular weight is 391 g/mol. The number of carbonyl (C=O) groups excluding carboxylic acids is 1. The van der Waals surface area contributed by atoms with Crippen molar-refractivity contribution >= 4 is 17.0 Å². The minimum atomic E-state index is -0.163. The molecule has 0 saturated carbocycles. The van der Waals surface area contributed by atoms with Crippen LogP contribution in [-0.2, 0) is 0 Å². The first kappa shape index (κ1) is 18.7. The Kier molecular flexibility index (Phi) is 5.03. The van der Waals surface area contributed by atoms with Crippen molar-refractivity contribution in [1.82, 2.24) is 15.0 Å². The summed E-state index contributed by atoms with van der Waals surface area (Å²) in [6.07, 6.45) is 1.56. The van der Waals surface area contributed by atoms with E-state index in [-0.39, 0.29) is 5.91 Å². The van der Waals surface area contributed by atoms with E-state index in [2.05, 4.69) is 10.1 Å². The summed E-state index contributed by atoms with van der Waals surface area (Å²) >= 11 is 0. The molecule has 0 fully saturated rings. The van der Waals surface area contributed by atoms with Gasteiger partial charge in [-0.1, -0.05) is 22.9 Å². The van der Waals surface area contributed by atoms with Crippen molar-refractivity contribution in [3.63, 3.8) is 0 Å². The Morgan fingerprint density at radius 3 is 2.69 bits per heavy atom. The lowest BCUT2D eigenvalue weighted by molar-refractivity contribution is 0.0775. The topological polar surface area (TPSA) is 81.6 Å². The molecule has 0 spiro atoms. The number of carbonyl (C=O) groups is 1. The van der Waals surface area contributed by atoms with Gasteiger partial charge in [0, 0.05) is 7.05 Å². The molecule has 4 rings (SSSR count). The summed E-state index contributed by atoms with van der Waals surface area (Å²) < 4.78 is 16.5. The van der Waals surface area contributed by atoms with Crippen LogP contribution in [0.1, 0.15) is 21.6 Å². The van der Waals surface area contributed by atoms with Crippen molar-refractivity contribution < 1.29 is 18.5 Å². The van der Waals surface area contributed by atoms with E-state index in [1.54, 1.807) is 43.3 Å². The number of furan rings is 1. The SMILES string of the molecule is Cc1ccc(OCCN(C)C(=O)c2cc(-c3ccco3)nc3onc(C)c23)cc1. The van der Waals surface area contributed by atoms with Gasteiger partial charge >= 0.3 is 0 Å². The number of ether oxygens (including phenoxy) is 1. The van der Waals surface area contributed by atoms with Gasteiger partial charge in [-0.25, -0.2) is 4.98 Å². The molecule has 0 aliphatic carbocycles. The van der Waals surface area contributed by atoms with E-state index in [4.69, 9.17) is 13.7 Å². The standard InChI is InChI=1S/C22H21N3O4/c1-14-6-8-16(9-7-14)27-12-10-25(3)22(26)17-13-18(19-5-4-11-28-19)23-21-20(17)15(2)24-29-21/h4-9,11,13H,10,12H2,1-3H3. The monoisotopic (exact) mass is 391 g/mol. The highest BCUT2D eigenvalue weighted by atomic mass is 16.5. The highest BCUT2D eigenvalue weighted by molar-refractivity contribution is 6.06. The second-order valence-electron chi connectivity index (χ2n) is 6.87.